The zero-order valence-corrected chi connectivity index (χ0v) is 28.4. The minimum atomic E-state index is -0.637. The smallest absolute Gasteiger partial charge is 0.238 e. The molecule has 2 aromatic heterocycles. The number of hydrogen-bond acceptors (Lipinski definition) is 4. The number of para-hydroxylation sites is 3. The molecule has 1 aliphatic rings. The van der Waals surface area contributed by atoms with Gasteiger partial charge < -0.3 is 4.74 Å². The average Bonchev–Trinajstić information content (AvgIpc) is 3.54. The lowest BCUT2D eigenvalue weighted by Crippen LogP contribution is -2.34. The van der Waals surface area contributed by atoms with Gasteiger partial charge in [-0.2, -0.15) is 9.97 Å². The number of hydrogen-bond donors (Lipinski definition) is 0. The number of fused-ring (bicyclic) bond motifs is 5. The van der Waals surface area contributed by atoms with E-state index >= 15 is 0 Å². The summed E-state index contributed by atoms with van der Waals surface area (Å²) in [6.07, 6.45) is 0. The van der Waals surface area contributed by atoms with Crippen LogP contribution in [0.2, 0.25) is 0 Å². The summed E-state index contributed by atoms with van der Waals surface area (Å²) in [6.45, 7) is 2.21. The van der Waals surface area contributed by atoms with E-state index in [0.717, 1.165) is 61.1 Å². The first kappa shape index (κ1) is 30.0. The number of nitrogens with zero attached hydrogens (tertiary/aromatic N) is 4. The number of aryl methyl sites for hydroxylation is 1. The molecular weight excluding hydrogens is 637 g/mol. The Morgan fingerprint density at radius 1 is 0.462 bits per heavy atom. The maximum Gasteiger partial charge on any atom is 0.238 e. The van der Waals surface area contributed by atoms with Crippen LogP contribution < -0.4 is 4.74 Å². The van der Waals surface area contributed by atoms with E-state index in [1.54, 1.807) is 0 Å². The van der Waals surface area contributed by atoms with E-state index in [1.165, 1.54) is 11.1 Å². The van der Waals surface area contributed by atoms with Crippen molar-refractivity contribution in [2.45, 2.75) is 12.3 Å². The van der Waals surface area contributed by atoms with Gasteiger partial charge in [0.1, 0.15) is 11.5 Å². The lowest BCUT2D eigenvalue weighted by atomic mass is 9.62. The standard InChI is InChI=1S/C47H32N4O/c1-31-16-8-10-22-37(31)47(38-23-11-14-26-42(38)52-43-27-15-12-24-39(43)47)34-28-29-41-36(30-34)35-21-9-13-25-40(35)51(41)46-49-44(32-17-4-2-5-18-32)48-45(50-46)33-19-6-3-7-20-33/h2-30H,1H3. The van der Waals surface area contributed by atoms with Crippen molar-refractivity contribution in [2.24, 2.45) is 0 Å². The second-order valence-electron chi connectivity index (χ2n) is 13.3. The molecule has 7 aromatic carbocycles. The molecule has 0 amide bonds. The molecular formula is C47H32N4O. The van der Waals surface area contributed by atoms with Crippen LogP contribution in [0.5, 0.6) is 11.5 Å². The molecule has 0 saturated heterocycles. The molecule has 1 aliphatic heterocycles. The van der Waals surface area contributed by atoms with E-state index in [-0.39, 0.29) is 0 Å². The van der Waals surface area contributed by atoms with Gasteiger partial charge in [0.15, 0.2) is 11.6 Å². The highest BCUT2D eigenvalue weighted by molar-refractivity contribution is 6.09. The van der Waals surface area contributed by atoms with Crippen molar-refractivity contribution in [1.82, 2.24) is 19.5 Å². The van der Waals surface area contributed by atoms with E-state index in [1.807, 2.05) is 72.8 Å². The third-order valence-electron chi connectivity index (χ3n) is 10.3. The number of aromatic nitrogens is 4. The molecule has 3 heterocycles. The molecule has 0 saturated carbocycles. The average molecular weight is 669 g/mol. The van der Waals surface area contributed by atoms with Gasteiger partial charge in [-0.1, -0.05) is 146 Å². The first-order chi connectivity index (χ1) is 25.7. The van der Waals surface area contributed by atoms with Crippen LogP contribution in [0.1, 0.15) is 27.8 Å². The Balaban J connectivity index is 1.28. The molecule has 0 radical (unpaired) electrons. The maximum atomic E-state index is 6.60. The fraction of sp³-hybridized carbons (Fsp3) is 0.0426. The molecule has 246 valence electrons. The van der Waals surface area contributed by atoms with Crippen LogP contribution >= 0.6 is 0 Å². The quantitative estimate of drug-likeness (QED) is 0.183. The van der Waals surface area contributed by atoms with Crippen molar-refractivity contribution < 1.29 is 4.74 Å². The fourth-order valence-electron chi connectivity index (χ4n) is 8.06. The second-order valence-corrected chi connectivity index (χ2v) is 13.3. The fourth-order valence-corrected chi connectivity index (χ4v) is 8.06. The van der Waals surface area contributed by atoms with Gasteiger partial charge >= 0.3 is 0 Å². The maximum absolute atomic E-state index is 6.60. The van der Waals surface area contributed by atoms with Gasteiger partial charge in [-0.3, -0.25) is 4.57 Å². The van der Waals surface area contributed by atoms with E-state index in [4.69, 9.17) is 19.7 Å². The topological polar surface area (TPSA) is 52.8 Å². The highest BCUT2D eigenvalue weighted by Crippen LogP contribution is 2.56. The largest absolute Gasteiger partial charge is 0.457 e. The van der Waals surface area contributed by atoms with Crippen LogP contribution in [0.25, 0.3) is 50.5 Å². The molecule has 0 aliphatic carbocycles. The SMILES string of the molecule is Cc1ccccc1C1(c2ccc3c(c2)c2ccccc2n3-c2nc(-c3ccccc3)nc(-c3ccccc3)n2)c2ccccc2Oc2ccccc21. The molecule has 5 nitrogen and oxygen atoms in total. The zero-order chi connectivity index (χ0) is 34.6. The van der Waals surface area contributed by atoms with Crippen LogP contribution in [0.3, 0.4) is 0 Å². The molecule has 0 bridgehead atoms. The van der Waals surface area contributed by atoms with Gasteiger partial charge in [-0.25, -0.2) is 4.98 Å². The normalized spacial score (nSPS) is 13.0. The number of ether oxygens (including phenoxy) is 1. The van der Waals surface area contributed by atoms with E-state index in [2.05, 4.69) is 115 Å². The summed E-state index contributed by atoms with van der Waals surface area (Å²) >= 11 is 0. The highest BCUT2D eigenvalue weighted by Gasteiger charge is 2.46. The Morgan fingerprint density at radius 2 is 0.981 bits per heavy atom. The van der Waals surface area contributed by atoms with Crippen molar-refractivity contribution >= 4 is 21.8 Å². The third-order valence-corrected chi connectivity index (χ3v) is 10.3. The van der Waals surface area contributed by atoms with Crippen molar-refractivity contribution in [3.05, 3.63) is 204 Å². The molecule has 0 spiro atoms. The lowest BCUT2D eigenvalue weighted by molar-refractivity contribution is 0.434. The molecule has 10 rings (SSSR count). The van der Waals surface area contributed by atoms with Gasteiger partial charge in [-0.05, 0) is 53.9 Å². The van der Waals surface area contributed by atoms with Crippen LogP contribution in [-0.4, -0.2) is 19.5 Å². The Morgan fingerprint density at radius 3 is 1.62 bits per heavy atom. The van der Waals surface area contributed by atoms with Gasteiger partial charge in [0.25, 0.3) is 0 Å². The first-order valence-corrected chi connectivity index (χ1v) is 17.5. The second kappa shape index (κ2) is 11.9. The van der Waals surface area contributed by atoms with Crippen LogP contribution in [0.4, 0.5) is 0 Å². The van der Waals surface area contributed by atoms with E-state index in [0.29, 0.717) is 17.6 Å². The van der Waals surface area contributed by atoms with E-state index in [9.17, 15) is 0 Å². The Bertz CT molecular complexity index is 2670. The molecule has 0 fully saturated rings. The van der Waals surface area contributed by atoms with Crippen LogP contribution in [-0.2, 0) is 5.41 Å². The Hall–Kier alpha value is -6.85. The molecule has 52 heavy (non-hydrogen) atoms. The summed E-state index contributed by atoms with van der Waals surface area (Å²) in [6, 6.07) is 61.3. The first-order valence-electron chi connectivity index (χ1n) is 17.5. The molecule has 9 aromatic rings. The van der Waals surface area contributed by atoms with Crippen molar-refractivity contribution in [3.63, 3.8) is 0 Å². The zero-order valence-electron chi connectivity index (χ0n) is 28.4. The van der Waals surface area contributed by atoms with Gasteiger partial charge in [0.2, 0.25) is 5.95 Å². The lowest BCUT2D eigenvalue weighted by Gasteiger charge is -2.42. The summed E-state index contributed by atoms with van der Waals surface area (Å²) in [5, 5.41) is 2.24. The van der Waals surface area contributed by atoms with Crippen molar-refractivity contribution in [2.75, 3.05) is 0 Å². The minimum absolute atomic E-state index is 0.571. The third kappa shape index (κ3) is 4.53. The van der Waals surface area contributed by atoms with Gasteiger partial charge in [-0.15, -0.1) is 0 Å². The van der Waals surface area contributed by atoms with Crippen LogP contribution in [0, 0.1) is 6.92 Å². The van der Waals surface area contributed by atoms with Crippen LogP contribution in [0.15, 0.2) is 176 Å². The highest BCUT2D eigenvalue weighted by atomic mass is 16.5. The van der Waals surface area contributed by atoms with Gasteiger partial charge in [0.05, 0.1) is 16.4 Å². The summed E-state index contributed by atoms with van der Waals surface area (Å²) in [5.74, 6) is 3.54. The number of benzene rings is 7. The molecule has 0 unspecified atom stereocenters. The summed E-state index contributed by atoms with van der Waals surface area (Å²) in [4.78, 5) is 15.2. The van der Waals surface area contributed by atoms with Crippen molar-refractivity contribution in [3.8, 4) is 40.2 Å². The predicted molar refractivity (Wildman–Crippen MR) is 208 cm³/mol. The minimum Gasteiger partial charge on any atom is -0.457 e. The summed E-state index contributed by atoms with van der Waals surface area (Å²) in [7, 11) is 0. The summed E-state index contributed by atoms with van der Waals surface area (Å²) in [5.41, 5.74) is 9.09. The molecule has 5 heteroatoms. The Labute approximate surface area is 301 Å². The molecule has 0 N–H and O–H groups in total. The predicted octanol–water partition coefficient (Wildman–Crippen LogP) is 11.1. The van der Waals surface area contributed by atoms with Gasteiger partial charge in [0, 0.05) is 33.0 Å². The Kier molecular flexibility index (Phi) is 6.86. The van der Waals surface area contributed by atoms with E-state index < -0.39 is 5.41 Å². The monoisotopic (exact) mass is 668 g/mol. The van der Waals surface area contributed by atoms with Crippen molar-refractivity contribution in [1.29, 1.82) is 0 Å². The number of rotatable bonds is 5. The summed E-state index contributed by atoms with van der Waals surface area (Å²) < 4.78 is 8.79. The molecule has 0 atom stereocenters.